The number of nitro benzene ring substituents is 1. The molecule has 0 aliphatic rings. The highest BCUT2D eigenvalue weighted by molar-refractivity contribution is 5.95. The molecule has 0 radical (unpaired) electrons. The number of hydrogen-bond acceptors (Lipinski definition) is 7. The van der Waals surface area contributed by atoms with Gasteiger partial charge in [-0.3, -0.25) is 24.7 Å². The minimum absolute atomic E-state index is 0.0234. The fraction of sp³-hybridized carbons (Fsp3) is 0.158. The summed E-state index contributed by atoms with van der Waals surface area (Å²) in [6.45, 7) is 0.944. The Labute approximate surface area is 164 Å². The highest BCUT2D eigenvalue weighted by Gasteiger charge is 2.26. The third kappa shape index (κ3) is 4.61. The van der Waals surface area contributed by atoms with E-state index in [9.17, 15) is 24.8 Å². The van der Waals surface area contributed by atoms with Gasteiger partial charge in [0.25, 0.3) is 11.6 Å². The number of carboxylic acid groups (broad SMARTS) is 1. The lowest BCUT2D eigenvalue weighted by Gasteiger charge is -2.19. The molecule has 0 aliphatic carbocycles. The summed E-state index contributed by atoms with van der Waals surface area (Å²) in [5.74, 6) is -1.62. The lowest BCUT2D eigenvalue weighted by Crippen LogP contribution is -2.36. The number of carboxylic acids is 1. The fourth-order valence-corrected chi connectivity index (χ4v) is 2.67. The zero-order valence-electron chi connectivity index (χ0n) is 15.3. The van der Waals surface area contributed by atoms with Crippen LogP contribution < -0.4 is 0 Å². The summed E-state index contributed by atoms with van der Waals surface area (Å²) < 4.78 is 5.52. The Morgan fingerprint density at radius 2 is 2.03 bits per heavy atom. The SMILES string of the molecule is Cc1oc(-c2cccc([N+](=O)[O-])c2)nc1C(=O)N(CC(=O)O)Cc1ccccn1. The smallest absolute Gasteiger partial charge is 0.323 e. The van der Waals surface area contributed by atoms with Crippen LogP contribution in [0.25, 0.3) is 11.5 Å². The molecule has 3 aromatic rings. The average molecular weight is 396 g/mol. The molecular weight excluding hydrogens is 380 g/mol. The van der Waals surface area contributed by atoms with E-state index in [1.165, 1.54) is 25.1 Å². The van der Waals surface area contributed by atoms with Crippen LogP contribution in [-0.2, 0) is 11.3 Å². The summed E-state index contributed by atoms with van der Waals surface area (Å²) in [6, 6.07) is 10.8. The van der Waals surface area contributed by atoms with E-state index in [4.69, 9.17) is 4.42 Å². The molecule has 0 unspecified atom stereocenters. The van der Waals surface area contributed by atoms with E-state index in [1.54, 1.807) is 30.5 Å². The molecule has 0 bridgehead atoms. The normalized spacial score (nSPS) is 10.5. The number of nitro groups is 1. The van der Waals surface area contributed by atoms with Crippen molar-refractivity contribution in [1.82, 2.24) is 14.9 Å². The summed E-state index contributed by atoms with van der Waals surface area (Å²) in [7, 11) is 0. The van der Waals surface area contributed by atoms with Gasteiger partial charge in [0, 0.05) is 23.9 Å². The number of aryl methyl sites for hydroxylation is 1. The van der Waals surface area contributed by atoms with Crippen molar-refractivity contribution in [3.05, 3.63) is 75.9 Å². The van der Waals surface area contributed by atoms with Crippen LogP contribution in [0.4, 0.5) is 5.69 Å². The van der Waals surface area contributed by atoms with Crippen LogP contribution in [-0.4, -0.2) is 43.3 Å². The lowest BCUT2D eigenvalue weighted by atomic mass is 10.2. The van der Waals surface area contributed by atoms with Crippen LogP contribution in [0.1, 0.15) is 21.9 Å². The first-order valence-electron chi connectivity index (χ1n) is 8.48. The third-order valence-corrected chi connectivity index (χ3v) is 4.00. The molecule has 148 valence electrons. The number of non-ortho nitro benzene ring substituents is 1. The van der Waals surface area contributed by atoms with Crippen molar-refractivity contribution < 1.29 is 24.0 Å². The van der Waals surface area contributed by atoms with E-state index in [0.717, 1.165) is 4.90 Å². The van der Waals surface area contributed by atoms with Gasteiger partial charge >= 0.3 is 5.97 Å². The molecule has 10 nitrogen and oxygen atoms in total. The minimum atomic E-state index is -1.19. The van der Waals surface area contributed by atoms with Gasteiger partial charge in [0.15, 0.2) is 5.69 Å². The van der Waals surface area contributed by atoms with Gasteiger partial charge in [0.2, 0.25) is 5.89 Å². The number of carbonyl (C=O) groups excluding carboxylic acids is 1. The highest BCUT2D eigenvalue weighted by Crippen LogP contribution is 2.26. The molecule has 29 heavy (non-hydrogen) atoms. The Bertz CT molecular complexity index is 1060. The topological polar surface area (TPSA) is 140 Å². The number of pyridine rings is 1. The van der Waals surface area contributed by atoms with Crippen molar-refractivity contribution >= 4 is 17.6 Å². The average Bonchev–Trinajstić information content (AvgIpc) is 3.09. The second kappa shape index (κ2) is 8.30. The number of hydrogen-bond donors (Lipinski definition) is 1. The van der Waals surface area contributed by atoms with Crippen LogP contribution in [0.3, 0.4) is 0 Å². The number of oxazole rings is 1. The van der Waals surface area contributed by atoms with Gasteiger partial charge in [0.1, 0.15) is 12.3 Å². The first kappa shape index (κ1) is 19.7. The maximum atomic E-state index is 12.9. The first-order chi connectivity index (χ1) is 13.8. The molecule has 0 saturated carbocycles. The highest BCUT2D eigenvalue weighted by atomic mass is 16.6. The summed E-state index contributed by atoms with van der Waals surface area (Å²) in [6.07, 6.45) is 1.54. The number of carbonyl (C=O) groups is 2. The van der Waals surface area contributed by atoms with Gasteiger partial charge in [-0.1, -0.05) is 12.1 Å². The Hall–Kier alpha value is -4.08. The maximum absolute atomic E-state index is 12.9. The zero-order chi connectivity index (χ0) is 21.0. The molecule has 1 aromatic carbocycles. The number of aliphatic carboxylic acids is 1. The van der Waals surface area contributed by atoms with Crippen molar-refractivity contribution in [3.63, 3.8) is 0 Å². The van der Waals surface area contributed by atoms with E-state index < -0.39 is 23.3 Å². The summed E-state index contributed by atoms with van der Waals surface area (Å²) in [5.41, 5.74) is 0.635. The van der Waals surface area contributed by atoms with Gasteiger partial charge in [-0.05, 0) is 25.1 Å². The van der Waals surface area contributed by atoms with E-state index in [-0.39, 0.29) is 29.6 Å². The van der Waals surface area contributed by atoms with Crippen LogP contribution in [0.5, 0.6) is 0 Å². The van der Waals surface area contributed by atoms with E-state index in [1.807, 2.05) is 0 Å². The number of aromatic nitrogens is 2. The largest absolute Gasteiger partial charge is 0.480 e. The number of amides is 1. The second-order valence-electron chi connectivity index (χ2n) is 6.11. The molecule has 1 amide bonds. The third-order valence-electron chi connectivity index (χ3n) is 4.00. The van der Waals surface area contributed by atoms with E-state index in [2.05, 4.69) is 9.97 Å². The first-order valence-corrected chi connectivity index (χ1v) is 8.48. The maximum Gasteiger partial charge on any atom is 0.323 e. The van der Waals surface area contributed by atoms with Crippen molar-refractivity contribution in [2.75, 3.05) is 6.54 Å². The van der Waals surface area contributed by atoms with Crippen molar-refractivity contribution in [1.29, 1.82) is 0 Å². The molecular formula is C19H16N4O6. The molecule has 0 aliphatic heterocycles. The number of rotatable bonds is 7. The predicted octanol–water partition coefficient (Wildman–Crippen LogP) is 2.68. The van der Waals surface area contributed by atoms with Crippen LogP contribution in [0, 0.1) is 17.0 Å². The molecule has 0 fully saturated rings. The molecule has 0 spiro atoms. The number of benzene rings is 1. The molecule has 2 aromatic heterocycles. The van der Waals surface area contributed by atoms with Crippen molar-refractivity contribution in [2.45, 2.75) is 13.5 Å². The zero-order valence-corrected chi connectivity index (χ0v) is 15.3. The van der Waals surface area contributed by atoms with Crippen LogP contribution >= 0.6 is 0 Å². The van der Waals surface area contributed by atoms with E-state index >= 15 is 0 Å². The molecule has 2 heterocycles. The molecule has 1 N–H and O–H groups in total. The van der Waals surface area contributed by atoms with Crippen molar-refractivity contribution in [3.8, 4) is 11.5 Å². The Morgan fingerprint density at radius 1 is 1.24 bits per heavy atom. The monoisotopic (exact) mass is 396 g/mol. The van der Waals surface area contributed by atoms with Crippen LogP contribution in [0.15, 0.2) is 53.1 Å². The molecule has 10 heteroatoms. The fourth-order valence-electron chi connectivity index (χ4n) is 2.67. The molecule has 0 atom stereocenters. The molecule has 3 rings (SSSR count). The predicted molar refractivity (Wildman–Crippen MR) is 99.9 cm³/mol. The Morgan fingerprint density at radius 3 is 2.69 bits per heavy atom. The quantitative estimate of drug-likeness (QED) is 0.475. The summed E-state index contributed by atoms with van der Waals surface area (Å²) >= 11 is 0. The van der Waals surface area contributed by atoms with E-state index in [0.29, 0.717) is 11.3 Å². The van der Waals surface area contributed by atoms with Gasteiger partial charge in [0.05, 0.1) is 17.2 Å². The Balaban J connectivity index is 1.91. The standard InChI is InChI=1S/C19H16N4O6/c1-12-17(21-18(29-12)13-5-4-7-15(9-13)23(27)28)19(26)22(11-16(24)25)10-14-6-2-3-8-20-14/h2-9H,10-11H2,1H3,(H,24,25). The van der Waals surface area contributed by atoms with Crippen molar-refractivity contribution in [2.24, 2.45) is 0 Å². The van der Waals surface area contributed by atoms with Gasteiger partial charge in [-0.2, -0.15) is 0 Å². The van der Waals surface area contributed by atoms with Gasteiger partial charge in [-0.15, -0.1) is 0 Å². The molecule has 0 saturated heterocycles. The van der Waals surface area contributed by atoms with Gasteiger partial charge in [-0.25, -0.2) is 4.98 Å². The van der Waals surface area contributed by atoms with Gasteiger partial charge < -0.3 is 14.4 Å². The second-order valence-corrected chi connectivity index (χ2v) is 6.11. The lowest BCUT2D eigenvalue weighted by molar-refractivity contribution is -0.384. The Kier molecular flexibility index (Phi) is 5.63. The number of nitrogens with zero attached hydrogens (tertiary/aromatic N) is 4. The minimum Gasteiger partial charge on any atom is -0.480 e. The van der Waals surface area contributed by atoms with Crippen LogP contribution in [0.2, 0.25) is 0 Å². The summed E-state index contributed by atoms with van der Waals surface area (Å²) in [4.78, 5) is 43.9. The summed E-state index contributed by atoms with van der Waals surface area (Å²) in [5, 5.41) is 20.1.